The smallest absolute Gasteiger partial charge is 0.273 e. The minimum atomic E-state index is -0.383. The van der Waals surface area contributed by atoms with Gasteiger partial charge in [0.05, 0.1) is 4.92 Å². The highest BCUT2D eigenvalue weighted by Gasteiger charge is 2.17. The van der Waals surface area contributed by atoms with Gasteiger partial charge in [0.15, 0.2) is 5.82 Å². The molecule has 1 aromatic heterocycles. The van der Waals surface area contributed by atoms with Gasteiger partial charge in [-0.1, -0.05) is 12.1 Å². The van der Waals surface area contributed by atoms with Crippen molar-refractivity contribution in [3.63, 3.8) is 0 Å². The lowest BCUT2D eigenvalue weighted by Crippen LogP contribution is -2.44. The molecular formula is C13H16N6O2. The number of rotatable bonds is 3. The first-order chi connectivity index (χ1) is 10.1. The summed E-state index contributed by atoms with van der Waals surface area (Å²) in [7, 11) is 0. The number of piperazine rings is 1. The Morgan fingerprint density at radius 3 is 2.81 bits per heavy atom. The molecule has 0 spiro atoms. The quantitative estimate of drug-likeness (QED) is 0.648. The van der Waals surface area contributed by atoms with Gasteiger partial charge in [0.25, 0.3) is 5.69 Å². The number of H-pyrrole nitrogens is 1. The molecule has 110 valence electrons. The number of benzene rings is 1. The molecule has 1 aliphatic heterocycles. The van der Waals surface area contributed by atoms with Gasteiger partial charge in [-0.05, 0) is 6.92 Å². The molecule has 0 bridgehead atoms. The first-order valence-electron chi connectivity index (χ1n) is 6.78. The normalized spacial score (nSPS) is 15.2. The number of aromatic nitrogens is 3. The molecule has 0 radical (unpaired) electrons. The molecule has 1 aromatic carbocycles. The summed E-state index contributed by atoms with van der Waals surface area (Å²) in [5.74, 6) is 1.18. The van der Waals surface area contributed by atoms with Gasteiger partial charge in [0.2, 0.25) is 5.95 Å². The number of aromatic amines is 1. The summed E-state index contributed by atoms with van der Waals surface area (Å²) in [6.07, 6.45) is 0. The van der Waals surface area contributed by atoms with Crippen molar-refractivity contribution < 1.29 is 4.92 Å². The highest BCUT2D eigenvalue weighted by atomic mass is 16.6. The molecule has 1 saturated heterocycles. The predicted molar refractivity (Wildman–Crippen MR) is 78.3 cm³/mol. The Hall–Kier alpha value is -2.48. The molecule has 1 aliphatic rings. The van der Waals surface area contributed by atoms with Crippen LogP contribution in [0.2, 0.25) is 0 Å². The lowest BCUT2D eigenvalue weighted by atomic mass is 10.1. The second-order valence-electron chi connectivity index (χ2n) is 4.98. The van der Waals surface area contributed by atoms with E-state index in [1.807, 2.05) is 6.07 Å². The van der Waals surface area contributed by atoms with Gasteiger partial charge in [0, 0.05) is 43.4 Å². The van der Waals surface area contributed by atoms with Crippen molar-refractivity contribution in [1.29, 1.82) is 0 Å². The minimum absolute atomic E-state index is 0.0904. The monoisotopic (exact) mass is 288 g/mol. The average Bonchev–Trinajstić information content (AvgIpc) is 2.98. The topological polar surface area (TPSA) is 100.0 Å². The van der Waals surface area contributed by atoms with E-state index in [0.717, 1.165) is 26.2 Å². The molecule has 8 nitrogen and oxygen atoms in total. The van der Waals surface area contributed by atoms with Crippen LogP contribution in [0.25, 0.3) is 11.4 Å². The molecule has 0 aliphatic carbocycles. The van der Waals surface area contributed by atoms with Crippen LogP contribution in [0.1, 0.15) is 5.56 Å². The minimum Gasteiger partial charge on any atom is -0.337 e. The molecule has 0 saturated carbocycles. The summed E-state index contributed by atoms with van der Waals surface area (Å²) >= 11 is 0. The van der Waals surface area contributed by atoms with Crippen molar-refractivity contribution in [1.82, 2.24) is 20.5 Å². The lowest BCUT2D eigenvalue weighted by Gasteiger charge is -2.25. The molecule has 2 aromatic rings. The van der Waals surface area contributed by atoms with Crippen LogP contribution in [0.15, 0.2) is 18.2 Å². The zero-order valence-corrected chi connectivity index (χ0v) is 11.7. The summed E-state index contributed by atoms with van der Waals surface area (Å²) in [5, 5.41) is 21.3. The number of nitrogens with one attached hydrogen (secondary N) is 2. The summed E-state index contributed by atoms with van der Waals surface area (Å²) in [5.41, 5.74) is 1.39. The number of anilines is 1. The SMILES string of the molecule is Cc1ccc(-c2nc(N3CCNCC3)n[nH]2)cc1[N+](=O)[O-]. The van der Waals surface area contributed by atoms with Crippen molar-refractivity contribution in [3.8, 4) is 11.4 Å². The Kier molecular flexibility index (Phi) is 3.53. The van der Waals surface area contributed by atoms with E-state index in [2.05, 4.69) is 25.4 Å². The molecule has 21 heavy (non-hydrogen) atoms. The van der Waals surface area contributed by atoms with Crippen LogP contribution in [0.3, 0.4) is 0 Å². The maximum atomic E-state index is 11.0. The standard InChI is InChI=1S/C13H16N6O2/c1-9-2-3-10(8-11(9)19(20)21)12-15-13(17-16-12)18-6-4-14-5-7-18/h2-3,8,14H,4-7H2,1H3,(H,15,16,17). The zero-order chi connectivity index (χ0) is 14.8. The fraction of sp³-hybridized carbons (Fsp3) is 0.385. The van der Waals surface area contributed by atoms with Crippen LogP contribution in [0.4, 0.5) is 11.6 Å². The van der Waals surface area contributed by atoms with Crippen LogP contribution < -0.4 is 10.2 Å². The highest BCUT2D eigenvalue weighted by Crippen LogP contribution is 2.25. The maximum Gasteiger partial charge on any atom is 0.273 e. The third-order valence-corrected chi connectivity index (χ3v) is 3.55. The Morgan fingerprint density at radius 2 is 2.10 bits per heavy atom. The van der Waals surface area contributed by atoms with Crippen molar-refractivity contribution >= 4 is 11.6 Å². The Balaban J connectivity index is 1.89. The van der Waals surface area contributed by atoms with Crippen molar-refractivity contribution in [2.45, 2.75) is 6.92 Å². The Bertz CT molecular complexity index is 662. The van der Waals surface area contributed by atoms with Crippen LogP contribution in [0, 0.1) is 17.0 Å². The zero-order valence-electron chi connectivity index (χ0n) is 11.7. The van der Waals surface area contributed by atoms with E-state index in [0.29, 0.717) is 22.9 Å². The van der Waals surface area contributed by atoms with E-state index in [1.54, 1.807) is 13.0 Å². The van der Waals surface area contributed by atoms with Crippen LogP contribution in [-0.4, -0.2) is 46.3 Å². The van der Waals surface area contributed by atoms with Crippen LogP contribution >= 0.6 is 0 Å². The molecule has 1 fully saturated rings. The van der Waals surface area contributed by atoms with Crippen molar-refractivity contribution in [2.24, 2.45) is 0 Å². The third kappa shape index (κ3) is 2.70. The second kappa shape index (κ2) is 5.49. The first-order valence-corrected chi connectivity index (χ1v) is 6.78. The molecule has 2 N–H and O–H groups in total. The molecule has 0 amide bonds. The van der Waals surface area contributed by atoms with Crippen molar-refractivity contribution in [2.75, 3.05) is 31.1 Å². The largest absolute Gasteiger partial charge is 0.337 e. The molecule has 0 atom stereocenters. The van der Waals surface area contributed by atoms with Crippen LogP contribution in [0.5, 0.6) is 0 Å². The molecular weight excluding hydrogens is 272 g/mol. The summed E-state index contributed by atoms with van der Waals surface area (Å²) in [6.45, 7) is 5.23. The van der Waals surface area contributed by atoms with E-state index in [9.17, 15) is 10.1 Å². The lowest BCUT2D eigenvalue weighted by molar-refractivity contribution is -0.385. The van der Waals surface area contributed by atoms with Gasteiger partial charge in [-0.3, -0.25) is 15.2 Å². The summed E-state index contributed by atoms with van der Waals surface area (Å²) < 4.78 is 0. The van der Waals surface area contributed by atoms with Gasteiger partial charge >= 0.3 is 0 Å². The highest BCUT2D eigenvalue weighted by molar-refractivity contribution is 5.62. The average molecular weight is 288 g/mol. The Morgan fingerprint density at radius 1 is 1.33 bits per heavy atom. The van der Waals surface area contributed by atoms with Gasteiger partial charge in [-0.2, -0.15) is 4.98 Å². The van der Waals surface area contributed by atoms with Gasteiger partial charge in [-0.25, -0.2) is 0 Å². The molecule has 0 unspecified atom stereocenters. The number of hydrogen-bond acceptors (Lipinski definition) is 6. The summed E-state index contributed by atoms with van der Waals surface area (Å²) in [4.78, 5) is 17.1. The van der Waals surface area contributed by atoms with E-state index < -0.39 is 0 Å². The number of nitro benzene ring substituents is 1. The number of nitro groups is 1. The Labute approximate surface area is 121 Å². The second-order valence-corrected chi connectivity index (χ2v) is 4.98. The van der Waals surface area contributed by atoms with E-state index in [4.69, 9.17) is 0 Å². The van der Waals surface area contributed by atoms with Gasteiger partial charge in [0.1, 0.15) is 0 Å². The number of nitrogens with zero attached hydrogens (tertiary/aromatic N) is 4. The number of hydrogen-bond donors (Lipinski definition) is 2. The van der Waals surface area contributed by atoms with Crippen molar-refractivity contribution in [3.05, 3.63) is 33.9 Å². The fourth-order valence-corrected chi connectivity index (χ4v) is 2.34. The van der Waals surface area contributed by atoms with Gasteiger partial charge in [-0.15, -0.1) is 5.10 Å². The fourth-order valence-electron chi connectivity index (χ4n) is 2.34. The van der Waals surface area contributed by atoms with E-state index in [-0.39, 0.29) is 10.6 Å². The molecule has 2 heterocycles. The third-order valence-electron chi connectivity index (χ3n) is 3.55. The maximum absolute atomic E-state index is 11.0. The summed E-state index contributed by atoms with van der Waals surface area (Å²) in [6, 6.07) is 5.06. The van der Waals surface area contributed by atoms with E-state index in [1.165, 1.54) is 6.07 Å². The molecule has 3 rings (SSSR count). The first kappa shape index (κ1) is 13.5. The molecule has 8 heteroatoms. The van der Waals surface area contributed by atoms with E-state index >= 15 is 0 Å². The van der Waals surface area contributed by atoms with Gasteiger partial charge < -0.3 is 10.2 Å². The predicted octanol–water partition coefficient (Wildman–Crippen LogP) is 1.10. The number of aryl methyl sites for hydroxylation is 1. The van der Waals surface area contributed by atoms with Crippen LogP contribution in [-0.2, 0) is 0 Å².